The van der Waals surface area contributed by atoms with Gasteiger partial charge in [0.05, 0.1) is 5.69 Å². The Morgan fingerprint density at radius 1 is 1.04 bits per heavy atom. The molecule has 1 aromatic heterocycles. The van der Waals surface area contributed by atoms with Crippen LogP contribution in [-0.4, -0.2) is 17.0 Å². The minimum atomic E-state index is -0.970. The zero-order valence-corrected chi connectivity index (χ0v) is 15.9. The fourth-order valence-corrected chi connectivity index (χ4v) is 4.75. The van der Waals surface area contributed by atoms with Crippen molar-refractivity contribution in [2.24, 2.45) is 0 Å². The molecule has 1 amide bonds. The SMILES string of the molecule is Cc1ccc(-c2c(C(=O)O)sc3c2NC(=O)C[C@H]3c2ccc(C)cc2)cc1. The fourth-order valence-electron chi connectivity index (χ4n) is 3.50. The van der Waals surface area contributed by atoms with E-state index in [9.17, 15) is 14.7 Å². The van der Waals surface area contributed by atoms with E-state index in [-0.39, 0.29) is 16.7 Å². The highest BCUT2D eigenvalue weighted by molar-refractivity contribution is 7.15. The molecule has 0 bridgehead atoms. The van der Waals surface area contributed by atoms with Crippen LogP contribution >= 0.6 is 11.3 Å². The maximum atomic E-state index is 12.4. The first-order chi connectivity index (χ1) is 12.9. The monoisotopic (exact) mass is 377 g/mol. The van der Waals surface area contributed by atoms with Crippen molar-refractivity contribution in [2.45, 2.75) is 26.2 Å². The fraction of sp³-hybridized carbons (Fsp3) is 0.182. The van der Waals surface area contributed by atoms with Crippen LogP contribution in [0.4, 0.5) is 5.69 Å². The number of carbonyl (C=O) groups is 2. The Morgan fingerprint density at radius 3 is 2.22 bits per heavy atom. The third-order valence-electron chi connectivity index (χ3n) is 4.92. The molecule has 0 unspecified atom stereocenters. The lowest BCUT2D eigenvalue weighted by molar-refractivity contribution is -0.116. The molecule has 2 N–H and O–H groups in total. The molecule has 0 fully saturated rings. The molecular formula is C22H19NO3S. The lowest BCUT2D eigenvalue weighted by Gasteiger charge is -2.24. The maximum Gasteiger partial charge on any atom is 0.346 e. The van der Waals surface area contributed by atoms with Gasteiger partial charge in [0.2, 0.25) is 5.91 Å². The van der Waals surface area contributed by atoms with Crippen molar-refractivity contribution >= 4 is 28.9 Å². The molecule has 5 heteroatoms. The second kappa shape index (κ2) is 6.67. The van der Waals surface area contributed by atoms with Gasteiger partial charge in [0.25, 0.3) is 0 Å². The van der Waals surface area contributed by atoms with Gasteiger partial charge in [0.1, 0.15) is 4.88 Å². The van der Waals surface area contributed by atoms with Crippen molar-refractivity contribution in [3.63, 3.8) is 0 Å². The number of carboxylic acids is 1. The van der Waals surface area contributed by atoms with Gasteiger partial charge in [-0.1, -0.05) is 59.7 Å². The Kier molecular flexibility index (Phi) is 4.32. The quantitative estimate of drug-likeness (QED) is 0.659. The van der Waals surface area contributed by atoms with Gasteiger partial charge in [0.15, 0.2) is 0 Å². The van der Waals surface area contributed by atoms with Gasteiger partial charge < -0.3 is 10.4 Å². The summed E-state index contributed by atoms with van der Waals surface area (Å²) in [4.78, 5) is 25.6. The summed E-state index contributed by atoms with van der Waals surface area (Å²) < 4.78 is 0. The molecule has 2 heterocycles. The topological polar surface area (TPSA) is 66.4 Å². The summed E-state index contributed by atoms with van der Waals surface area (Å²) in [5.41, 5.74) is 5.33. The average Bonchev–Trinajstić information content (AvgIpc) is 3.02. The zero-order valence-electron chi connectivity index (χ0n) is 15.1. The van der Waals surface area contributed by atoms with E-state index in [1.807, 2.05) is 62.4 Å². The van der Waals surface area contributed by atoms with E-state index in [0.29, 0.717) is 17.7 Å². The molecule has 3 aromatic rings. The summed E-state index contributed by atoms with van der Waals surface area (Å²) in [7, 11) is 0. The molecule has 1 atom stereocenters. The average molecular weight is 377 g/mol. The molecular weight excluding hydrogens is 358 g/mol. The number of rotatable bonds is 3. The van der Waals surface area contributed by atoms with Gasteiger partial charge >= 0.3 is 5.97 Å². The van der Waals surface area contributed by atoms with E-state index in [1.54, 1.807) is 0 Å². The van der Waals surface area contributed by atoms with Crippen LogP contribution in [0, 0.1) is 13.8 Å². The molecule has 0 saturated heterocycles. The number of anilines is 1. The Labute approximate surface area is 161 Å². The normalized spacial score (nSPS) is 15.9. The van der Waals surface area contributed by atoms with Gasteiger partial charge in [-0.05, 0) is 25.0 Å². The number of aryl methyl sites for hydroxylation is 2. The first-order valence-corrected chi connectivity index (χ1v) is 9.59. The summed E-state index contributed by atoms with van der Waals surface area (Å²) in [6, 6.07) is 15.8. The molecule has 0 radical (unpaired) electrons. The summed E-state index contributed by atoms with van der Waals surface area (Å²) >= 11 is 1.26. The van der Waals surface area contributed by atoms with Crippen molar-refractivity contribution in [3.05, 3.63) is 75.0 Å². The van der Waals surface area contributed by atoms with Crippen LogP contribution < -0.4 is 5.32 Å². The second-order valence-electron chi connectivity index (χ2n) is 6.93. The number of fused-ring (bicyclic) bond motifs is 1. The number of benzene rings is 2. The molecule has 2 aromatic carbocycles. The van der Waals surface area contributed by atoms with Gasteiger partial charge in [-0.15, -0.1) is 11.3 Å². The number of aromatic carboxylic acids is 1. The van der Waals surface area contributed by atoms with Gasteiger partial charge in [-0.2, -0.15) is 0 Å². The van der Waals surface area contributed by atoms with E-state index in [0.717, 1.165) is 27.1 Å². The number of nitrogens with one attached hydrogen (secondary N) is 1. The highest BCUT2D eigenvalue weighted by Crippen LogP contribution is 2.49. The van der Waals surface area contributed by atoms with Crippen molar-refractivity contribution in [1.82, 2.24) is 0 Å². The summed E-state index contributed by atoms with van der Waals surface area (Å²) in [5, 5.41) is 12.7. The van der Waals surface area contributed by atoms with Gasteiger partial charge in [0, 0.05) is 22.8 Å². The standard InChI is InChI=1S/C22H19NO3S/c1-12-3-7-14(8-4-12)16-11-17(24)23-19-18(15-9-5-13(2)6-10-15)21(22(25)26)27-20(16)19/h3-10,16H,11H2,1-2H3,(H,23,24)(H,25,26)/t16-/m0/s1. The minimum Gasteiger partial charge on any atom is -0.477 e. The molecule has 4 nitrogen and oxygen atoms in total. The number of hydrogen-bond acceptors (Lipinski definition) is 3. The van der Waals surface area contributed by atoms with E-state index in [2.05, 4.69) is 5.32 Å². The third kappa shape index (κ3) is 3.15. The first-order valence-electron chi connectivity index (χ1n) is 8.77. The van der Waals surface area contributed by atoms with E-state index in [4.69, 9.17) is 0 Å². The number of amides is 1. The highest BCUT2D eigenvalue weighted by Gasteiger charge is 2.34. The van der Waals surface area contributed by atoms with E-state index in [1.165, 1.54) is 11.3 Å². The number of carbonyl (C=O) groups excluding carboxylic acids is 1. The van der Waals surface area contributed by atoms with Crippen LogP contribution in [0.2, 0.25) is 0 Å². The lowest BCUT2D eigenvalue weighted by atomic mass is 9.88. The van der Waals surface area contributed by atoms with Crippen molar-refractivity contribution < 1.29 is 14.7 Å². The van der Waals surface area contributed by atoms with Crippen LogP contribution in [0.3, 0.4) is 0 Å². The largest absolute Gasteiger partial charge is 0.477 e. The molecule has 1 aliphatic rings. The number of hydrogen-bond donors (Lipinski definition) is 2. The Balaban J connectivity index is 1.92. The van der Waals surface area contributed by atoms with Crippen molar-refractivity contribution in [1.29, 1.82) is 0 Å². The number of carboxylic acid groups (broad SMARTS) is 1. The molecule has 0 saturated carbocycles. The van der Waals surface area contributed by atoms with Gasteiger partial charge in [-0.25, -0.2) is 4.79 Å². The highest BCUT2D eigenvalue weighted by atomic mass is 32.1. The van der Waals surface area contributed by atoms with Gasteiger partial charge in [-0.3, -0.25) is 4.79 Å². The molecule has 1 aliphatic heterocycles. The predicted octanol–water partition coefficient (Wildman–Crippen LogP) is 5.20. The van der Waals surface area contributed by atoms with E-state index < -0.39 is 5.97 Å². The Morgan fingerprint density at radius 2 is 1.63 bits per heavy atom. The van der Waals surface area contributed by atoms with Crippen molar-refractivity contribution in [3.8, 4) is 11.1 Å². The van der Waals surface area contributed by atoms with Crippen LogP contribution in [0.5, 0.6) is 0 Å². The molecule has 27 heavy (non-hydrogen) atoms. The molecule has 0 spiro atoms. The molecule has 0 aliphatic carbocycles. The van der Waals surface area contributed by atoms with Crippen LogP contribution in [0.25, 0.3) is 11.1 Å². The summed E-state index contributed by atoms with van der Waals surface area (Å²) in [6.07, 6.45) is 0.322. The van der Waals surface area contributed by atoms with Crippen molar-refractivity contribution in [2.75, 3.05) is 5.32 Å². The third-order valence-corrected chi connectivity index (χ3v) is 6.21. The summed E-state index contributed by atoms with van der Waals surface area (Å²) in [6.45, 7) is 4.01. The predicted molar refractivity (Wildman–Crippen MR) is 108 cm³/mol. The Bertz CT molecular complexity index is 1030. The van der Waals surface area contributed by atoms with E-state index >= 15 is 0 Å². The smallest absolute Gasteiger partial charge is 0.346 e. The molecule has 4 rings (SSSR count). The van der Waals surface area contributed by atoms with Crippen LogP contribution in [0.1, 0.15) is 43.6 Å². The minimum absolute atomic E-state index is 0.0869. The van der Waals surface area contributed by atoms with Crippen LogP contribution in [0.15, 0.2) is 48.5 Å². The lowest BCUT2D eigenvalue weighted by Crippen LogP contribution is -2.22. The molecule has 136 valence electrons. The number of thiophene rings is 1. The maximum absolute atomic E-state index is 12.4. The summed E-state index contributed by atoms with van der Waals surface area (Å²) in [5.74, 6) is -1.19. The second-order valence-corrected chi connectivity index (χ2v) is 7.98. The Hall–Kier alpha value is -2.92. The first kappa shape index (κ1) is 17.5. The van der Waals surface area contributed by atoms with Crippen LogP contribution in [-0.2, 0) is 4.79 Å². The zero-order chi connectivity index (χ0) is 19.1.